The molecule has 0 aromatic heterocycles. The second-order valence-corrected chi connectivity index (χ2v) is 9.74. The van der Waals surface area contributed by atoms with Gasteiger partial charge in [0.1, 0.15) is 17.0 Å². The number of benzene rings is 3. The Hall–Kier alpha value is -3.80. The van der Waals surface area contributed by atoms with Gasteiger partial charge < -0.3 is 24.8 Å². The molecule has 192 valence electrons. The van der Waals surface area contributed by atoms with Crippen molar-refractivity contribution in [3.05, 3.63) is 82.9 Å². The molecule has 0 fully saturated rings. The zero-order valence-electron chi connectivity index (χ0n) is 22.5. The molecular weight excluding hydrogens is 460 g/mol. The number of hydrogen-bond acceptors (Lipinski definition) is 5. The van der Waals surface area contributed by atoms with E-state index in [2.05, 4.69) is 80.0 Å². The van der Waals surface area contributed by atoms with E-state index in [1.807, 2.05) is 23.1 Å². The number of amides is 1. The summed E-state index contributed by atoms with van der Waals surface area (Å²) < 4.78 is 6.68. The van der Waals surface area contributed by atoms with E-state index in [4.69, 9.17) is 10.1 Å². The third kappa shape index (κ3) is 3.69. The monoisotopic (exact) mass is 496 g/mol. The van der Waals surface area contributed by atoms with Crippen molar-refractivity contribution >= 4 is 23.0 Å². The van der Waals surface area contributed by atoms with Crippen molar-refractivity contribution in [2.75, 3.05) is 42.5 Å². The van der Waals surface area contributed by atoms with Gasteiger partial charge in [0.2, 0.25) is 0 Å². The standard InChI is InChI=1S/C31H36N4O2/c1-6-33(7-2)22-14-16-26-28(18-22)37-29-19-23(34(8-3)9-4)15-17-27(29)31(26)25-13-11-10-12-24(25)30(36)35(31)20-21(5)32/h10-19,32H,6-9,20H2,1-5H3. The van der Waals surface area contributed by atoms with E-state index in [-0.39, 0.29) is 12.5 Å². The molecule has 1 amide bonds. The summed E-state index contributed by atoms with van der Waals surface area (Å²) in [5.74, 6) is 1.46. The third-order valence-corrected chi connectivity index (χ3v) is 7.78. The fourth-order valence-corrected chi connectivity index (χ4v) is 6.06. The fraction of sp³-hybridized carbons (Fsp3) is 0.355. The van der Waals surface area contributed by atoms with Gasteiger partial charge in [0, 0.05) is 72.1 Å². The van der Waals surface area contributed by atoms with Crippen LogP contribution in [-0.2, 0) is 5.54 Å². The van der Waals surface area contributed by atoms with E-state index in [1.54, 1.807) is 6.92 Å². The molecule has 0 bridgehead atoms. The summed E-state index contributed by atoms with van der Waals surface area (Å²) >= 11 is 0. The van der Waals surface area contributed by atoms with Crippen molar-refractivity contribution in [1.82, 2.24) is 4.90 Å². The summed E-state index contributed by atoms with van der Waals surface area (Å²) in [5, 5.41) is 8.37. The highest BCUT2D eigenvalue weighted by molar-refractivity contribution is 6.04. The molecule has 5 rings (SSSR count). The van der Waals surface area contributed by atoms with E-state index in [1.165, 1.54) is 0 Å². The molecule has 6 heteroatoms. The van der Waals surface area contributed by atoms with Crippen LogP contribution in [0.5, 0.6) is 11.5 Å². The summed E-state index contributed by atoms with van der Waals surface area (Å²) in [6, 6.07) is 20.6. The lowest BCUT2D eigenvalue weighted by atomic mass is 9.74. The third-order valence-electron chi connectivity index (χ3n) is 7.78. The van der Waals surface area contributed by atoms with Crippen LogP contribution in [0.15, 0.2) is 60.7 Å². The number of fused-ring (bicyclic) bond motifs is 6. The second kappa shape index (κ2) is 9.58. The van der Waals surface area contributed by atoms with Crippen molar-refractivity contribution < 1.29 is 9.53 Å². The Bertz CT molecular complexity index is 1300. The number of anilines is 2. The Morgan fingerprint density at radius 2 is 1.32 bits per heavy atom. The highest BCUT2D eigenvalue weighted by Gasteiger charge is 2.56. The van der Waals surface area contributed by atoms with Crippen LogP contribution in [0.3, 0.4) is 0 Å². The Labute approximate surface area is 220 Å². The van der Waals surface area contributed by atoms with Crippen molar-refractivity contribution in [2.24, 2.45) is 0 Å². The molecule has 0 radical (unpaired) electrons. The predicted molar refractivity (Wildman–Crippen MR) is 151 cm³/mol. The topological polar surface area (TPSA) is 59.9 Å². The first-order chi connectivity index (χ1) is 17.9. The molecule has 0 saturated heterocycles. The molecule has 37 heavy (non-hydrogen) atoms. The van der Waals surface area contributed by atoms with E-state index >= 15 is 0 Å². The van der Waals surface area contributed by atoms with Gasteiger partial charge in [0.15, 0.2) is 0 Å². The van der Waals surface area contributed by atoms with Crippen molar-refractivity contribution in [2.45, 2.75) is 40.2 Å². The van der Waals surface area contributed by atoms with Crippen LogP contribution in [0.2, 0.25) is 0 Å². The SMILES string of the molecule is CCN(CC)c1ccc2c(c1)Oc1cc(N(CC)CC)ccc1C21c2ccccc2C(=O)N1CC(C)=N. The summed E-state index contributed by atoms with van der Waals surface area (Å²) in [4.78, 5) is 20.4. The van der Waals surface area contributed by atoms with Crippen molar-refractivity contribution in [1.29, 1.82) is 5.41 Å². The second-order valence-electron chi connectivity index (χ2n) is 9.74. The molecule has 0 saturated carbocycles. The largest absolute Gasteiger partial charge is 0.456 e. The molecule has 3 aromatic rings. The smallest absolute Gasteiger partial charge is 0.255 e. The van der Waals surface area contributed by atoms with E-state index in [0.717, 1.165) is 65.7 Å². The molecule has 6 nitrogen and oxygen atoms in total. The van der Waals surface area contributed by atoms with Crippen LogP contribution >= 0.6 is 0 Å². The van der Waals surface area contributed by atoms with Gasteiger partial charge in [-0.1, -0.05) is 30.3 Å². The summed E-state index contributed by atoms with van der Waals surface area (Å²) in [6.07, 6.45) is 0. The van der Waals surface area contributed by atoms with Gasteiger partial charge in [-0.2, -0.15) is 0 Å². The Morgan fingerprint density at radius 3 is 1.81 bits per heavy atom. The molecule has 0 unspecified atom stereocenters. The minimum atomic E-state index is -0.873. The number of hydrogen-bond donors (Lipinski definition) is 1. The molecule has 2 aliphatic heterocycles. The highest BCUT2D eigenvalue weighted by Crippen LogP contribution is 2.58. The molecular formula is C31H36N4O2. The number of ether oxygens (including phenoxy) is 1. The lowest BCUT2D eigenvalue weighted by Crippen LogP contribution is -2.49. The minimum Gasteiger partial charge on any atom is -0.456 e. The van der Waals surface area contributed by atoms with Gasteiger partial charge in [0.25, 0.3) is 5.91 Å². The van der Waals surface area contributed by atoms with Gasteiger partial charge in [-0.25, -0.2) is 0 Å². The molecule has 0 atom stereocenters. The zero-order chi connectivity index (χ0) is 26.3. The molecule has 2 aliphatic rings. The summed E-state index contributed by atoms with van der Waals surface area (Å²) in [7, 11) is 0. The van der Waals surface area contributed by atoms with Crippen LogP contribution in [-0.4, -0.2) is 49.2 Å². The zero-order valence-corrected chi connectivity index (χ0v) is 22.5. The van der Waals surface area contributed by atoms with Crippen LogP contribution in [0.1, 0.15) is 61.7 Å². The van der Waals surface area contributed by atoms with Gasteiger partial charge in [-0.3, -0.25) is 4.79 Å². The Kier molecular flexibility index (Phi) is 6.44. The first-order valence-electron chi connectivity index (χ1n) is 13.3. The normalized spacial score (nSPS) is 14.6. The van der Waals surface area contributed by atoms with Crippen LogP contribution in [0, 0.1) is 5.41 Å². The van der Waals surface area contributed by atoms with Gasteiger partial charge in [-0.05, 0) is 58.4 Å². The van der Waals surface area contributed by atoms with Crippen molar-refractivity contribution in [3.8, 4) is 11.5 Å². The molecule has 1 N–H and O–H groups in total. The van der Waals surface area contributed by atoms with E-state index in [9.17, 15) is 4.79 Å². The fourth-order valence-electron chi connectivity index (χ4n) is 6.06. The molecule has 1 spiro atoms. The van der Waals surface area contributed by atoms with Gasteiger partial charge >= 0.3 is 0 Å². The lowest BCUT2D eigenvalue weighted by Gasteiger charge is -2.44. The van der Waals surface area contributed by atoms with Gasteiger partial charge in [0.05, 0.1) is 6.54 Å². The quantitative estimate of drug-likeness (QED) is 0.373. The summed E-state index contributed by atoms with van der Waals surface area (Å²) in [5.41, 5.74) is 5.25. The maximum Gasteiger partial charge on any atom is 0.255 e. The maximum atomic E-state index is 13.9. The average Bonchev–Trinajstić information content (AvgIpc) is 3.14. The van der Waals surface area contributed by atoms with E-state index in [0.29, 0.717) is 11.3 Å². The number of carbonyl (C=O) groups excluding carboxylic acids is 1. The lowest BCUT2D eigenvalue weighted by molar-refractivity contribution is 0.0702. The van der Waals surface area contributed by atoms with Crippen molar-refractivity contribution in [3.63, 3.8) is 0 Å². The number of carbonyl (C=O) groups is 1. The van der Waals surface area contributed by atoms with E-state index < -0.39 is 5.54 Å². The Balaban J connectivity index is 1.84. The molecule has 2 heterocycles. The first-order valence-corrected chi connectivity index (χ1v) is 13.3. The predicted octanol–water partition coefficient (Wildman–Crippen LogP) is 6.27. The number of nitrogens with one attached hydrogen (secondary N) is 1. The number of nitrogens with zero attached hydrogens (tertiary/aromatic N) is 3. The number of rotatable bonds is 8. The van der Waals surface area contributed by atoms with Crippen LogP contribution in [0.25, 0.3) is 0 Å². The average molecular weight is 497 g/mol. The minimum absolute atomic E-state index is 0.0540. The first kappa shape index (κ1) is 24.9. The van der Waals surface area contributed by atoms with Gasteiger partial charge in [-0.15, -0.1) is 0 Å². The molecule has 3 aromatic carbocycles. The summed E-state index contributed by atoms with van der Waals surface area (Å²) in [6.45, 7) is 14.2. The molecule has 0 aliphatic carbocycles. The van der Waals surface area contributed by atoms with Crippen LogP contribution in [0.4, 0.5) is 11.4 Å². The Morgan fingerprint density at radius 1 is 0.811 bits per heavy atom. The highest BCUT2D eigenvalue weighted by atomic mass is 16.5. The maximum absolute atomic E-state index is 13.9. The van der Waals surface area contributed by atoms with Crippen LogP contribution < -0.4 is 14.5 Å².